The quantitative estimate of drug-likeness (QED) is 0.233. The molecule has 0 spiro atoms. The van der Waals surface area contributed by atoms with Gasteiger partial charge >= 0.3 is 12.1 Å². The van der Waals surface area contributed by atoms with E-state index in [1.54, 1.807) is 44.9 Å². The van der Waals surface area contributed by atoms with Gasteiger partial charge in [0, 0.05) is 69.5 Å². The molecule has 1 N–H and O–H groups in total. The molecule has 0 unspecified atom stereocenters. The summed E-state index contributed by atoms with van der Waals surface area (Å²) >= 11 is 0. The summed E-state index contributed by atoms with van der Waals surface area (Å²) in [5.74, 6) is 1.04. The van der Waals surface area contributed by atoms with Crippen molar-refractivity contribution in [3.63, 3.8) is 0 Å². The van der Waals surface area contributed by atoms with Gasteiger partial charge in [-0.3, -0.25) is 4.79 Å². The number of aromatic nitrogens is 3. The molecule has 0 saturated carbocycles. The number of anilines is 2. The molecular formula is C35H45N7O5. The number of nitrogens with one attached hydrogen (secondary N) is 1. The van der Waals surface area contributed by atoms with Gasteiger partial charge in [0.05, 0.1) is 6.61 Å². The van der Waals surface area contributed by atoms with E-state index in [4.69, 9.17) is 9.47 Å². The van der Waals surface area contributed by atoms with Crippen molar-refractivity contribution >= 4 is 35.8 Å². The molecular weight excluding hydrogens is 598 g/mol. The number of likely N-dealkylation sites (N-methyl/N-ethyl adjacent to an activating group) is 1. The van der Waals surface area contributed by atoms with Crippen LogP contribution in [0.2, 0.25) is 0 Å². The molecule has 0 radical (unpaired) electrons. The maximum Gasteiger partial charge on any atom is 0.408 e. The van der Waals surface area contributed by atoms with E-state index < -0.39 is 11.7 Å². The average molecular weight is 644 g/mol. The first-order chi connectivity index (χ1) is 22.5. The second kappa shape index (κ2) is 16.0. The fourth-order valence-corrected chi connectivity index (χ4v) is 5.14. The van der Waals surface area contributed by atoms with Crippen LogP contribution in [0.15, 0.2) is 55.0 Å². The Morgan fingerprint density at radius 1 is 0.957 bits per heavy atom. The van der Waals surface area contributed by atoms with Crippen molar-refractivity contribution in [3.8, 4) is 11.1 Å². The van der Waals surface area contributed by atoms with Gasteiger partial charge in [0.1, 0.15) is 18.0 Å². The zero-order valence-electron chi connectivity index (χ0n) is 28.2. The molecule has 1 fully saturated rings. The lowest BCUT2D eigenvalue weighted by atomic mass is 10.1. The van der Waals surface area contributed by atoms with Crippen LogP contribution in [0.1, 0.15) is 51.3 Å². The second-order valence-corrected chi connectivity index (χ2v) is 12.2. The number of hydrogen-bond acceptors (Lipinski definition) is 10. The Bertz CT molecular complexity index is 1560. The van der Waals surface area contributed by atoms with E-state index in [2.05, 4.69) is 30.1 Å². The van der Waals surface area contributed by atoms with E-state index >= 15 is 0 Å². The molecule has 3 aromatic rings. The number of carbonyl (C=O) groups excluding carboxylic acids is 3. The first-order valence-corrected chi connectivity index (χ1v) is 15.9. The van der Waals surface area contributed by atoms with Crippen LogP contribution in [0.5, 0.6) is 0 Å². The molecule has 0 bridgehead atoms. The number of esters is 1. The zero-order chi connectivity index (χ0) is 34.0. The van der Waals surface area contributed by atoms with E-state index in [9.17, 15) is 14.4 Å². The average Bonchev–Trinajstić information content (AvgIpc) is 3.05. The van der Waals surface area contributed by atoms with Crippen molar-refractivity contribution in [1.82, 2.24) is 25.2 Å². The standard InChI is InChI=1S/C35H45N7O5/c1-7-40(30(43)23-39-34(45)47-35(4,5)6)24-27-10-9-11-28(19-27)29-21-37-33(38-22-29)42-16-14-41(15-17-42)32-25(3)18-26(20-36-32)12-13-31(44)46-8-2/h9-13,18-22H,7-8,14-17,23-24H2,1-6H3,(H,39,45)/b13-12+. The highest BCUT2D eigenvalue weighted by molar-refractivity contribution is 5.87. The number of hydrogen-bond donors (Lipinski definition) is 1. The van der Waals surface area contributed by atoms with Gasteiger partial charge in [-0.2, -0.15) is 0 Å². The predicted octanol–water partition coefficient (Wildman–Crippen LogP) is 4.62. The molecule has 1 saturated heterocycles. The van der Waals surface area contributed by atoms with Gasteiger partial charge in [0.15, 0.2) is 0 Å². The van der Waals surface area contributed by atoms with E-state index in [1.165, 1.54) is 6.08 Å². The summed E-state index contributed by atoms with van der Waals surface area (Å²) in [6.07, 6.45) is 7.94. The molecule has 47 heavy (non-hydrogen) atoms. The minimum atomic E-state index is -0.632. The van der Waals surface area contributed by atoms with Crippen LogP contribution in [0.3, 0.4) is 0 Å². The summed E-state index contributed by atoms with van der Waals surface area (Å²) in [4.78, 5) is 56.5. The van der Waals surface area contributed by atoms with Gasteiger partial charge in [0.25, 0.3) is 0 Å². The Kier molecular flexibility index (Phi) is 11.9. The summed E-state index contributed by atoms with van der Waals surface area (Å²) in [6.45, 7) is 15.2. The van der Waals surface area contributed by atoms with Crippen LogP contribution < -0.4 is 15.1 Å². The molecule has 12 heteroatoms. The van der Waals surface area contributed by atoms with Gasteiger partial charge in [0.2, 0.25) is 11.9 Å². The minimum absolute atomic E-state index is 0.134. The molecule has 12 nitrogen and oxygen atoms in total. The summed E-state index contributed by atoms with van der Waals surface area (Å²) in [6, 6.07) is 9.97. The first kappa shape index (κ1) is 34.9. The molecule has 2 aromatic heterocycles. The topological polar surface area (TPSA) is 130 Å². The van der Waals surface area contributed by atoms with Crippen molar-refractivity contribution < 1.29 is 23.9 Å². The number of piperazine rings is 1. The highest BCUT2D eigenvalue weighted by atomic mass is 16.6. The summed E-state index contributed by atoms with van der Waals surface area (Å²) in [5.41, 5.74) is 4.05. The number of benzene rings is 1. The molecule has 4 rings (SSSR count). The number of alkyl carbamates (subject to hydrolysis) is 1. The monoisotopic (exact) mass is 643 g/mol. The highest BCUT2D eigenvalue weighted by Crippen LogP contribution is 2.24. The van der Waals surface area contributed by atoms with Gasteiger partial charge in [-0.1, -0.05) is 18.2 Å². The summed E-state index contributed by atoms with van der Waals surface area (Å²) in [5, 5.41) is 2.54. The molecule has 1 aliphatic heterocycles. The largest absolute Gasteiger partial charge is 0.463 e. The van der Waals surface area contributed by atoms with Crippen molar-refractivity contribution in [2.24, 2.45) is 0 Å². The van der Waals surface area contributed by atoms with E-state index in [1.807, 2.05) is 56.6 Å². The highest BCUT2D eigenvalue weighted by Gasteiger charge is 2.22. The van der Waals surface area contributed by atoms with E-state index in [-0.39, 0.29) is 18.4 Å². The number of pyridine rings is 1. The number of aryl methyl sites for hydroxylation is 1. The number of carbonyl (C=O) groups is 3. The fraction of sp³-hybridized carbons (Fsp3) is 0.429. The van der Waals surface area contributed by atoms with Crippen LogP contribution in [0, 0.1) is 6.92 Å². The SMILES string of the molecule is CCOC(=O)/C=C/c1cnc(N2CCN(c3ncc(-c4cccc(CN(CC)C(=O)CNC(=O)OC(C)(C)C)c4)cn3)CC2)c(C)c1. The van der Waals surface area contributed by atoms with E-state index in [0.717, 1.165) is 59.8 Å². The number of amides is 2. The molecule has 3 heterocycles. The van der Waals surface area contributed by atoms with Crippen LogP contribution in [-0.4, -0.2) is 89.3 Å². The third-order valence-corrected chi connectivity index (χ3v) is 7.42. The number of rotatable bonds is 11. The third kappa shape index (κ3) is 10.2. The van der Waals surface area contributed by atoms with Crippen molar-refractivity contribution in [2.45, 2.75) is 53.7 Å². The Balaban J connectivity index is 1.32. The molecule has 1 aromatic carbocycles. The van der Waals surface area contributed by atoms with Crippen LogP contribution in [0.25, 0.3) is 17.2 Å². The lowest BCUT2D eigenvalue weighted by Gasteiger charge is -2.36. The maximum atomic E-state index is 12.8. The van der Waals surface area contributed by atoms with Crippen LogP contribution in [0.4, 0.5) is 16.6 Å². The predicted molar refractivity (Wildman–Crippen MR) is 182 cm³/mol. The molecule has 2 amide bonds. The third-order valence-electron chi connectivity index (χ3n) is 7.42. The normalized spacial score (nSPS) is 13.4. The first-order valence-electron chi connectivity index (χ1n) is 15.9. The number of ether oxygens (including phenoxy) is 2. The molecule has 250 valence electrons. The van der Waals surface area contributed by atoms with Gasteiger partial charge in [-0.25, -0.2) is 24.5 Å². The van der Waals surface area contributed by atoms with Gasteiger partial charge in [-0.05, 0) is 82.0 Å². The maximum absolute atomic E-state index is 12.8. The second-order valence-electron chi connectivity index (χ2n) is 12.2. The van der Waals surface area contributed by atoms with Gasteiger partial charge < -0.3 is 29.5 Å². The van der Waals surface area contributed by atoms with Crippen molar-refractivity contribution in [2.75, 3.05) is 55.7 Å². The smallest absolute Gasteiger partial charge is 0.408 e. The van der Waals surface area contributed by atoms with Crippen LogP contribution in [-0.2, 0) is 25.6 Å². The number of nitrogens with zero attached hydrogens (tertiary/aromatic N) is 6. The van der Waals surface area contributed by atoms with Gasteiger partial charge in [-0.15, -0.1) is 0 Å². The van der Waals surface area contributed by atoms with Crippen LogP contribution >= 0.6 is 0 Å². The zero-order valence-corrected chi connectivity index (χ0v) is 28.2. The summed E-state index contributed by atoms with van der Waals surface area (Å²) < 4.78 is 10.2. The Hall–Kier alpha value is -5.00. The minimum Gasteiger partial charge on any atom is -0.463 e. The van der Waals surface area contributed by atoms with E-state index in [0.29, 0.717) is 25.6 Å². The lowest BCUT2D eigenvalue weighted by Crippen LogP contribution is -2.47. The molecule has 0 aliphatic carbocycles. The van der Waals surface area contributed by atoms with Crippen molar-refractivity contribution in [1.29, 1.82) is 0 Å². The summed E-state index contributed by atoms with van der Waals surface area (Å²) in [7, 11) is 0. The molecule has 0 atom stereocenters. The fourth-order valence-electron chi connectivity index (χ4n) is 5.14. The van der Waals surface area contributed by atoms with Crippen molar-refractivity contribution in [3.05, 3.63) is 71.7 Å². The molecule has 1 aliphatic rings. The Morgan fingerprint density at radius 3 is 2.30 bits per heavy atom. The lowest BCUT2D eigenvalue weighted by molar-refractivity contribution is -0.137. The Morgan fingerprint density at radius 2 is 1.66 bits per heavy atom. The Labute approximate surface area is 276 Å².